The maximum atomic E-state index is 11.5. The third-order valence-electron chi connectivity index (χ3n) is 2.40. The number of rotatable bonds is 8. The quantitative estimate of drug-likeness (QED) is 0.206. The van der Waals surface area contributed by atoms with Gasteiger partial charge in [0, 0.05) is 0 Å². The predicted octanol–water partition coefficient (Wildman–Crippen LogP) is -2.20. The molecule has 0 spiro atoms. The van der Waals surface area contributed by atoms with Gasteiger partial charge in [-0.2, -0.15) is 0 Å². The average Bonchev–Trinajstić information content (AvgIpc) is 2.21. The van der Waals surface area contributed by atoms with Crippen LogP contribution in [0.2, 0.25) is 0 Å². The molecule has 0 aromatic rings. The van der Waals surface area contributed by atoms with E-state index < -0.39 is 49.1 Å². The molecular formula is C8H11O12P. The zero-order valence-corrected chi connectivity index (χ0v) is 11.2. The lowest BCUT2D eigenvalue weighted by Crippen LogP contribution is -2.69. The molecule has 0 aromatic carbocycles. The minimum Gasteiger partial charge on any atom is -0.481 e. The third kappa shape index (κ3) is 3.62. The van der Waals surface area contributed by atoms with E-state index in [1.54, 1.807) is 0 Å². The zero-order chi connectivity index (χ0) is 17.2. The number of carboxylic acid groups (broad SMARTS) is 3. The first-order valence-electron chi connectivity index (χ1n) is 4.89. The van der Waals surface area contributed by atoms with Gasteiger partial charge < -0.3 is 30.2 Å². The standard InChI is InChI=1S/C8H11O12P/c1-3(9)8(6(14)15,20-21(17,18)19)7(16,5(12)13)2-4(10)11/h16H,2H2,1H3,(H,10,11)(H,12,13)(H,14,15)(H2,17,18,19). The second-order valence-electron chi connectivity index (χ2n) is 3.86. The number of Topliss-reactive ketones (excluding diaryl/α,β-unsaturated/α-hetero) is 1. The normalized spacial score (nSPS) is 17.3. The predicted molar refractivity (Wildman–Crippen MR) is 59.0 cm³/mol. The number of hydrogen-bond donors (Lipinski definition) is 6. The Labute approximate surface area is 115 Å². The van der Waals surface area contributed by atoms with Crippen molar-refractivity contribution >= 4 is 31.5 Å². The Morgan fingerprint density at radius 3 is 1.67 bits per heavy atom. The number of aliphatic hydroxyl groups is 1. The Bertz CT molecular complexity index is 517. The van der Waals surface area contributed by atoms with Crippen LogP contribution in [0.5, 0.6) is 0 Å². The van der Waals surface area contributed by atoms with Crippen LogP contribution < -0.4 is 0 Å². The van der Waals surface area contributed by atoms with Gasteiger partial charge in [0.25, 0.3) is 5.60 Å². The van der Waals surface area contributed by atoms with Gasteiger partial charge in [0.2, 0.25) is 5.60 Å². The molecule has 0 amide bonds. The van der Waals surface area contributed by atoms with Crippen LogP contribution in [-0.4, -0.2) is 65.1 Å². The summed E-state index contributed by atoms with van der Waals surface area (Å²) in [6, 6.07) is 0. The molecule has 0 bridgehead atoms. The van der Waals surface area contributed by atoms with Crippen LogP contribution in [0, 0.1) is 0 Å². The summed E-state index contributed by atoms with van der Waals surface area (Å²) < 4.78 is 14.5. The minimum absolute atomic E-state index is 0.361. The molecule has 13 heteroatoms. The van der Waals surface area contributed by atoms with E-state index in [-0.39, 0.29) is 0 Å². The van der Waals surface area contributed by atoms with E-state index in [0.29, 0.717) is 6.92 Å². The van der Waals surface area contributed by atoms with Crippen molar-refractivity contribution < 1.29 is 58.5 Å². The maximum absolute atomic E-state index is 11.5. The number of aliphatic carboxylic acids is 3. The number of hydrogen-bond acceptors (Lipinski definition) is 7. The number of carbonyl (C=O) groups is 4. The number of carboxylic acids is 3. The van der Waals surface area contributed by atoms with Crippen molar-refractivity contribution in [1.82, 2.24) is 0 Å². The molecule has 12 nitrogen and oxygen atoms in total. The maximum Gasteiger partial charge on any atom is 0.471 e. The summed E-state index contributed by atoms with van der Waals surface area (Å²) in [7, 11) is -5.79. The molecule has 0 aliphatic rings. The molecule has 2 unspecified atom stereocenters. The highest BCUT2D eigenvalue weighted by atomic mass is 31.2. The smallest absolute Gasteiger partial charge is 0.471 e. The number of carbonyl (C=O) groups excluding carboxylic acids is 1. The van der Waals surface area contributed by atoms with Gasteiger partial charge in [0.15, 0.2) is 5.78 Å². The molecule has 0 radical (unpaired) electrons. The highest BCUT2D eigenvalue weighted by Crippen LogP contribution is 2.47. The van der Waals surface area contributed by atoms with Gasteiger partial charge in [-0.05, 0) is 6.92 Å². The van der Waals surface area contributed by atoms with Crippen LogP contribution in [0.1, 0.15) is 13.3 Å². The van der Waals surface area contributed by atoms with Crippen LogP contribution in [0.3, 0.4) is 0 Å². The van der Waals surface area contributed by atoms with E-state index in [9.17, 15) is 28.8 Å². The molecule has 0 saturated carbocycles. The van der Waals surface area contributed by atoms with Gasteiger partial charge in [0.1, 0.15) is 0 Å². The minimum atomic E-state index is -5.79. The monoisotopic (exact) mass is 330 g/mol. The van der Waals surface area contributed by atoms with Crippen LogP contribution >= 0.6 is 7.82 Å². The van der Waals surface area contributed by atoms with Crippen molar-refractivity contribution in [2.45, 2.75) is 24.5 Å². The molecule has 0 aromatic heterocycles. The van der Waals surface area contributed by atoms with E-state index >= 15 is 0 Å². The lowest BCUT2D eigenvalue weighted by atomic mass is 9.77. The summed E-state index contributed by atoms with van der Waals surface area (Å²) in [5.41, 5.74) is -7.98. The van der Waals surface area contributed by atoms with E-state index in [0.717, 1.165) is 0 Å². The molecule has 0 saturated heterocycles. The Balaban J connectivity index is 6.50. The fourth-order valence-corrected chi connectivity index (χ4v) is 2.26. The number of phosphoric acid groups is 1. The largest absolute Gasteiger partial charge is 0.481 e. The molecule has 0 aliphatic heterocycles. The van der Waals surface area contributed by atoms with Crippen LogP contribution in [0.25, 0.3) is 0 Å². The Morgan fingerprint density at radius 2 is 1.48 bits per heavy atom. The van der Waals surface area contributed by atoms with E-state index in [1.165, 1.54) is 0 Å². The van der Waals surface area contributed by atoms with E-state index in [4.69, 9.17) is 25.1 Å². The summed E-state index contributed by atoms with van der Waals surface area (Å²) in [4.78, 5) is 61.6. The Hall–Kier alpha value is -1.85. The number of phosphoric ester groups is 1. The SMILES string of the molecule is CC(=O)C(OP(=O)(O)O)(C(=O)O)C(O)(CC(=O)O)C(=O)O. The summed E-state index contributed by atoms with van der Waals surface area (Å²) in [6.07, 6.45) is -1.87. The van der Waals surface area contributed by atoms with Gasteiger partial charge in [0.05, 0.1) is 6.42 Å². The lowest BCUT2D eigenvalue weighted by molar-refractivity contribution is -0.206. The molecule has 2 atom stereocenters. The molecule has 21 heavy (non-hydrogen) atoms. The highest BCUT2D eigenvalue weighted by Gasteiger charge is 2.69. The van der Waals surface area contributed by atoms with Crippen molar-refractivity contribution in [3.8, 4) is 0 Å². The van der Waals surface area contributed by atoms with Crippen molar-refractivity contribution in [2.24, 2.45) is 0 Å². The Morgan fingerprint density at radius 1 is 1.05 bits per heavy atom. The summed E-state index contributed by atoms with van der Waals surface area (Å²) in [5, 5.41) is 36.2. The summed E-state index contributed by atoms with van der Waals surface area (Å²) in [5.74, 6) is -8.99. The van der Waals surface area contributed by atoms with Gasteiger partial charge in [-0.3, -0.25) is 14.1 Å². The van der Waals surface area contributed by atoms with Crippen molar-refractivity contribution in [3.05, 3.63) is 0 Å². The Kier molecular flexibility index (Phi) is 5.36. The van der Waals surface area contributed by atoms with E-state index in [2.05, 4.69) is 4.52 Å². The molecular weight excluding hydrogens is 319 g/mol. The lowest BCUT2D eigenvalue weighted by Gasteiger charge is -2.37. The number of ketones is 1. The van der Waals surface area contributed by atoms with Gasteiger partial charge in [-0.1, -0.05) is 0 Å². The summed E-state index contributed by atoms with van der Waals surface area (Å²) in [6.45, 7) is 0.361. The van der Waals surface area contributed by atoms with Crippen molar-refractivity contribution in [3.63, 3.8) is 0 Å². The summed E-state index contributed by atoms with van der Waals surface area (Å²) >= 11 is 0. The van der Waals surface area contributed by atoms with Gasteiger partial charge >= 0.3 is 25.7 Å². The van der Waals surface area contributed by atoms with Gasteiger partial charge in [-0.25, -0.2) is 14.2 Å². The molecule has 0 aliphatic carbocycles. The topological polar surface area (TPSA) is 216 Å². The second-order valence-corrected chi connectivity index (χ2v) is 5.02. The van der Waals surface area contributed by atoms with Crippen molar-refractivity contribution in [2.75, 3.05) is 0 Å². The highest BCUT2D eigenvalue weighted by molar-refractivity contribution is 7.46. The molecule has 6 N–H and O–H groups in total. The van der Waals surface area contributed by atoms with E-state index in [1.807, 2.05) is 0 Å². The first-order valence-corrected chi connectivity index (χ1v) is 6.42. The second kappa shape index (κ2) is 5.87. The first-order chi connectivity index (χ1) is 9.20. The van der Waals surface area contributed by atoms with Crippen LogP contribution in [0.4, 0.5) is 0 Å². The van der Waals surface area contributed by atoms with Crippen LogP contribution in [0.15, 0.2) is 0 Å². The fraction of sp³-hybridized carbons (Fsp3) is 0.500. The van der Waals surface area contributed by atoms with Crippen LogP contribution in [-0.2, 0) is 28.3 Å². The molecule has 120 valence electrons. The molecule has 0 rings (SSSR count). The first kappa shape index (κ1) is 19.1. The zero-order valence-electron chi connectivity index (χ0n) is 10.3. The molecule has 0 heterocycles. The van der Waals surface area contributed by atoms with Gasteiger partial charge in [-0.15, -0.1) is 0 Å². The third-order valence-corrected chi connectivity index (χ3v) is 2.91. The fourth-order valence-electron chi connectivity index (χ4n) is 1.55. The molecule has 0 fully saturated rings. The van der Waals surface area contributed by atoms with Crippen molar-refractivity contribution in [1.29, 1.82) is 0 Å². The average molecular weight is 330 g/mol.